The van der Waals surface area contributed by atoms with Gasteiger partial charge in [-0.05, 0) is 98.4 Å². The topological polar surface area (TPSA) is 65.2 Å². The lowest BCUT2D eigenvalue weighted by Gasteiger charge is -2.52. The van der Waals surface area contributed by atoms with Crippen molar-refractivity contribution in [2.24, 2.45) is 29.6 Å². The fourth-order valence-electron chi connectivity index (χ4n) is 8.46. The lowest BCUT2D eigenvalue weighted by atomic mass is 9.53. The molecule has 4 atom stereocenters. The molecule has 1 aromatic carbocycles. The second-order valence-corrected chi connectivity index (χ2v) is 13.2. The molecule has 1 unspecified atom stereocenters. The van der Waals surface area contributed by atoms with E-state index in [4.69, 9.17) is 14.7 Å². The number of likely N-dealkylation sites (tertiary alicyclic amines) is 1. The van der Waals surface area contributed by atoms with Crippen molar-refractivity contribution in [1.29, 1.82) is 0 Å². The summed E-state index contributed by atoms with van der Waals surface area (Å²) in [5, 5.41) is 1.15. The number of ether oxygens (including phenoxy) is 1. The van der Waals surface area contributed by atoms with Crippen LogP contribution in [0.4, 0.5) is 0 Å². The Bertz CT molecular complexity index is 1660. The summed E-state index contributed by atoms with van der Waals surface area (Å²) in [6, 6.07) is 11.3. The molecule has 4 aliphatic carbocycles. The summed E-state index contributed by atoms with van der Waals surface area (Å²) in [7, 11) is 1.73. The van der Waals surface area contributed by atoms with Gasteiger partial charge in [0.2, 0.25) is 0 Å². The first kappa shape index (κ1) is 22.5. The van der Waals surface area contributed by atoms with Crippen LogP contribution in [0.3, 0.4) is 0 Å². The average Bonchev–Trinajstić information content (AvgIpc) is 3.55. The zero-order valence-corrected chi connectivity index (χ0v) is 22.7. The smallest absolute Gasteiger partial charge is 0.254 e. The van der Waals surface area contributed by atoms with E-state index in [1.165, 1.54) is 25.7 Å². The summed E-state index contributed by atoms with van der Waals surface area (Å²) in [6.07, 6.45) is 9.20. The molecule has 0 spiro atoms. The van der Waals surface area contributed by atoms with Crippen LogP contribution in [-0.2, 0) is 6.54 Å². The number of hydrogen-bond donors (Lipinski definition) is 0. The van der Waals surface area contributed by atoms with Crippen LogP contribution in [0, 0.1) is 29.6 Å². The Balaban J connectivity index is 1.21. The number of aromatic nitrogens is 4. The van der Waals surface area contributed by atoms with Crippen LogP contribution in [0.5, 0.6) is 5.75 Å². The third-order valence-corrected chi connectivity index (χ3v) is 10.7. The van der Waals surface area contributed by atoms with Crippen molar-refractivity contribution in [3.8, 4) is 17.3 Å². The van der Waals surface area contributed by atoms with E-state index in [1.54, 1.807) is 7.11 Å². The van der Waals surface area contributed by atoms with Crippen LogP contribution >= 0.6 is 0 Å². The molecule has 4 heterocycles. The first-order valence-electron chi connectivity index (χ1n) is 14.9. The largest absolute Gasteiger partial charge is 0.494 e. The van der Waals surface area contributed by atoms with E-state index in [0.29, 0.717) is 29.5 Å². The molecule has 1 saturated heterocycles. The number of carbonyl (C=O) groups excluding carboxylic acids is 1. The van der Waals surface area contributed by atoms with Gasteiger partial charge in [-0.15, -0.1) is 0 Å². The summed E-state index contributed by atoms with van der Waals surface area (Å²) in [5.41, 5.74) is 4.74. The van der Waals surface area contributed by atoms with Crippen molar-refractivity contribution in [2.75, 3.05) is 13.7 Å². The van der Waals surface area contributed by atoms with Gasteiger partial charge in [0.25, 0.3) is 5.91 Å². The zero-order chi connectivity index (χ0) is 26.0. The lowest BCUT2D eigenvalue weighted by Crippen LogP contribution is -2.53. The molecule has 9 rings (SSSR count). The molecule has 200 valence electrons. The molecule has 4 saturated carbocycles. The van der Waals surface area contributed by atoms with Gasteiger partial charge >= 0.3 is 0 Å². The van der Waals surface area contributed by atoms with E-state index in [2.05, 4.69) is 33.1 Å². The molecule has 0 N–H and O–H groups in total. The maximum absolute atomic E-state index is 13.8. The summed E-state index contributed by atoms with van der Waals surface area (Å²) in [4.78, 5) is 26.1. The normalized spacial score (nSPS) is 30.7. The number of amides is 1. The van der Waals surface area contributed by atoms with Gasteiger partial charge in [-0.3, -0.25) is 4.79 Å². The SMILES string of the molecule is COc1cc(C(=O)N2C[C@H]3CC4C[C@@H]2[C@H]43)cc2nc(-c3cc4cccnc4n3CC3CC3)n([C@H]3C[C@H](C)C3)c12. The Labute approximate surface area is 228 Å². The average molecular weight is 522 g/mol. The Morgan fingerprint density at radius 3 is 2.72 bits per heavy atom. The number of imidazole rings is 1. The van der Waals surface area contributed by atoms with E-state index in [0.717, 1.165) is 83.0 Å². The van der Waals surface area contributed by atoms with Crippen molar-refractivity contribution < 1.29 is 9.53 Å². The van der Waals surface area contributed by atoms with Gasteiger partial charge in [0.1, 0.15) is 16.9 Å². The molecule has 5 fully saturated rings. The second-order valence-electron chi connectivity index (χ2n) is 13.2. The highest BCUT2D eigenvalue weighted by Crippen LogP contribution is 2.61. The summed E-state index contributed by atoms with van der Waals surface area (Å²) in [5.74, 6) is 5.63. The molecule has 3 aromatic heterocycles. The van der Waals surface area contributed by atoms with Crippen LogP contribution < -0.4 is 4.74 Å². The summed E-state index contributed by atoms with van der Waals surface area (Å²) in [6.45, 7) is 4.21. The third-order valence-electron chi connectivity index (χ3n) is 10.7. The second kappa shape index (κ2) is 7.86. The van der Waals surface area contributed by atoms with Crippen molar-refractivity contribution in [3.05, 3.63) is 42.1 Å². The maximum atomic E-state index is 13.8. The Morgan fingerprint density at radius 2 is 1.97 bits per heavy atom. The number of nitrogens with zero attached hydrogens (tertiary/aromatic N) is 5. The molecule has 0 bridgehead atoms. The molecule has 1 aliphatic heterocycles. The molecule has 7 nitrogen and oxygen atoms in total. The number of benzene rings is 1. The summed E-state index contributed by atoms with van der Waals surface area (Å²) < 4.78 is 10.8. The predicted octanol–water partition coefficient (Wildman–Crippen LogP) is 5.92. The van der Waals surface area contributed by atoms with Crippen LogP contribution in [0.25, 0.3) is 33.6 Å². The third kappa shape index (κ3) is 3.13. The van der Waals surface area contributed by atoms with Crippen LogP contribution in [0.1, 0.15) is 61.8 Å². The highest BCUT2D eigenvalue weighted by Gasteiger charge is 2.61. The summed E-state index contributed by atoms with van der Waals surface area (Å²) >= 11 is 0. The number of rotatable bonds is 6. The Kier molecular flexibility index (Phi) is 4.53. The quantitative estimate of drug-likeness (QED) is 0.316. The van der Waals surface area contributed by atoms with Gasteiger partial charge in [-0.1, -0.05) is 6.92 Å². The van der Waals surface area contributed by atoms with Gasteiger partial charge in [0.15, 0.2) is 5.82 Å². The molecular weight excluding hydrogens is 486 g/mol. The fraction of sp³-hybridized carbons (Fsp3) is 0.531. The van der Waals surface area contributed by atoms with E-state index < -0.39 is 0 Å². The van der Waals surface area contributed by atoms with Crippen LogP contribution in [0.2, 0.25) is 0 Å². The minimum absolute atomic E-state index is 0.147. The molecule has 39 heavy (non-hydrogen) atoms. The molecule has 5 aliphatic rings. The first-order chi connectivity index (χ1) is 19.1. The van der Waals surface area contributed by atoms with E-state index in [1.807, 2.05) is 24.4 Å². The molecular formula is C32H35N5O2. The molecule has 1 amide bonds. The maximum Gasteiger partial charge on any atom is 0.254 e. The van der Waals surface area contributed by atoms with Crippen molar-refractivity contribution in [1.82, 2.24) is 24.0 Å². The predicted molar refractivity (Wildman–Crippen MR) is 150 cm³/mol. The van der Waals surface area contributed by atoms with E-state index in [9.17, 15) is 4.79 Å². The van der Waals surface area contributed by atoms with Crippen LogP contribution in [-0.4, -0.2) is 49.6 Å². The van der Waals surface area contributed by atoms with Gasteiger partial charge in [0, 0.05) is 42.3 Å². The van der Waals surface area contributed by atoms with Crippen molar-refractivity contribution in [2.45, 2.75) is 64.1 Å². The molecule has 0 radical (unpaired) electrons. The lowest BCUT2D eigenvalue weighted by molar-refractivity contribution is -0.0204. The Morgan fingerprint density at radius 1 is 1.10 bits per heavy atom. The highest BCUT2D eigenvalue weighted by atomic mass is 16.5. The van der Waals surface area contributed by atoms with E-state index >= 15 is 0 Å². The molecule has 7 heteroatoms. The number of pyridine rings is 1. The number of hydrogen-bond acceptors (Lipinski definition) is 4. The van der Waals surface area contributed by atoms with Gasteiger partial charge in [-0.25, -0.2) is 9.97 Å². The fourth-order valence-corrected chi connectivity index (χ4v) is 8.46. The zero-order valence-electron chi connectivity index (χ0n) is 22.7. The van der Waals surface area contributed by atoms with Gasteiger partial charge in [0.05, 0.1) is 18.3 Å². The minimum Gasteiger partial charge on any atom is -0.494 e. The van der Waals surface area contributed by atoms with E-state index in [-0.39, 0.29) is 5.91 Å². The highest BCUT2D eigenvalue weighted by molar-refractivity contribution is 6.00. The number of methoxy groups -OCH3 is 1. The standard InChI is InChI=1S/C32H35N5O2/c1-17-8-23(9-17)37-29-24(34-31(37)26-12-19-4-3-7-33-30(19)35(26)15-18-5-6-18)11-21(14-27(29)39-2)32(38)36-16-22-10-20-13-25(36)28(20)22/h3-4,7,11-12,14,17-18,20,22-23,25,28H,5-6,8-10,13,15-16H2,1-2H3/t17-,20?,22-,23-,25-,28-/m1/s1. The van der Waals surface area contributed by atoms with Gasteiger partial charge in [-0.2, -0.15) is 0 Å². The Hall–Kier alpha value is -3.35. The van der Waals surface area contributed by atoms with Crippen LogP contribution in [0.15, 0.2) is 36.5 Å². The number of carbonyl (C=O) groups is 1. The minimum atomic E-state index is 0.147. The van der Waals surface area contributed by atoms with Gasteiger partial charge < -0.3 is 18.8 Å². The molecule has 4 aromatic rings. The monoisotopic (exact) mass is 521 g/mol. The van der Waals surface area contributed by atoms with Crippen molar-refractivity contribution in [3.63, 3.8) is 0 Å². The van der Waals surface area contributed by atoms with Crippen molar-refractivity contribution >= 4 is 28.0 Å². The first-order valence-corrected chi connectivity index (χ1v) is 14.9. The number of fused-ring (bicyclic) bond motifs is 2.